The molecule has 0 unspecified atom stereocenters. The highest BCUT2D eigenvalue weighted by Crippen LogP contribution is 2.38. The smallest absolute Gasteiger partial charge is 0.318 e. The second kappa shape index (κ2) is 10.7. The van der Waals surface area contributed by atoms with Crippen LogP contribution in [0.1, 0.15) is 53.5 Å². The Bertz CT molecular complexity index is 1570. The van der Waals surface area contributed by atoms with Gasteiger partial charge in [-0.15, -0.1) is 0 Å². The first-order chi connectivity index (χ1) is 19.2. The minimum atomic E-state index is -0.261. The number of urea groups is 1. The van der Waals surface area contributed by atoms with E-state index < -0.39 is 0 Å². The van der Waals surface area contributed by atoms with Crippen molar-refractivity contribution in [3.05, 3.63) is 137 Å². The van der Waals surface area contributed by atoms with Gasteiger partial charge in [0, 0.05) is 18.3 Å². The lowest BCUT2D eigenvalue weighted by Gasteiger charge is -2.31. The fraction of sp³-hybridized carbons (Fsp3) is 0.212. The van der Waals surface area contributed by atoms with Crippen LogP contribution in [0.2, 0.25) is 0 Å². The van der Waals surface area contributed by atoms with Crippen LogP contribution in [-0.4, -0.2) is 25.3 Å². The molecule has 5 aromatic rings. The van der Waals surface area contributed by atoms with Crippen LogP contribution < -0.4 is 5.32 Å². The van der Waals surface area contributed by atoms with Crippen LogP contribution in [0, 0.1) is 0 Å². The Labute approximate surface area is 229 Å². The lowest BCUT2D eigenvalue weighted by molar-refractivity contribution is 0.180. The number of carbonyl (C=O) groups is 1. The molecule has 0 radical (unpaired) electrons. The highest BCUT2D eigenvalue weighted by molar-refractivity contribution is 5.76. The number of nitrogens with zero attached hydrogens (tertiary/aromatic N) is 4. The van der Waals surface area contributed by atoms with Gasteiger partial charge in [0.05, 0.1) is 29.7 Å². The molecule has 6 heteroatoms. The molecule has 196 valence electrons. The van der Waals surface area contributed by atoms with E-state index in [0.29, 0.717) is 13.1 Å². The SMILES string of the molecule is CCc1ccc([C@H]2c3cccn3-c3c(c(CC)nn3-c3ccccc3)CN2C(=O)NCc2ccccc2)cc1. The standard InChI is InChI=1S/C33H33N5O/c1-3-24-17-19-26(20-18-24)31-30-16-11-21-36(30)32-28(29(4-2)35-38(32)27-14-9-6-10-15-27)23-37(31)33(39)34-22-25-12-7-5-8-13-25/h5-21,31H,3-4,22-23H2,1-2H3,(H,34,39)/t31-/m0/s1. The van der Waals surface area contributed by atoms with Crippen molar-refractivity contribution in [2.75, 3.05) is 0 Å². The van der Waals surface area contributed by atoms with Crippen molar-refractivity contribution in [3.8, 4) is 11.5 Å². The summed E-state index contributed by atoms with van der Waals surface area (Å²) in [7, 11) is 0. The first-order valence-electron chi connectivity index (χ1n) is 13.7. The number of nitrogens with one attached hydrogen (secondary N) is 1. The number of aryl methyl sites for hydroxylation is 2. The van der Waals surface area contributed by atoms with Gasteiger partial charge in [-0.2, -0.15) is 5.10 Å². The summed E-state index contributed by atoms with van der Waals surface area (Å²) in [6.07, 6.45) is 3.84. The van der Waals surface area contributed by atoms with Crippen molar-refractivity contribution in [3.63, 3.8) is 0 Å². The Morgan fingerprint density at radius 1 is 0.846 bits per heavy atom. The molecule has 6 nitrogen and oxygen atoms in total. The van der Waals surface area contributed by atoms with Gasteiger partial charge in [-0.05, 0) is 53.8 Å². The van der Waals surface area contributed by atoms with E-state index in [1.807, 2.05) is 58.1 Å². The average molecular weight is 516 g/mol. The topological polar surface area (TPSA) is 55.1 Å². The van der Waals surface area contributed by atoms with Crippen molar-refractivity contribution in [1.29, 1.82) is 0 Å². The number of benzene rings is 3. The maximum absolute atomic E-state index is 14.0. The summed E-state index contributed by atoms with van der Waals surface area (Å²) in [6, 6.07) is 32.8. The fourth-order valence-electron chi connectivity index (χ4n) is 5.51. The van der Waals surface area contributed by atoms with Crippen LogP contribution >= 0.6 is 0 Å². The van der Waals surface area contributed by atoms with Gasteiger partial charge in [0.2, 0.25) is 0 Å². The van der Waals surface area contributed by atoms with E-state index in [2.05, 4.69) is 78.5 Å². The zero-order chi connectivity index (χ0) is 26.8. The van der Waals surface area contributed by atoms with Crippen LogP contribution in [0.3, 0.4) is 0 Å². The summed E-state index contributed by atoms with van der Waals surface area (Å²) < 4.78 is 4.25. The predicted octanol–water partition coefficient (Wildman–Crippen LogP) is 6.60. The number of hydrogen-bond donors (Lipinski definition) is 1. The average Bonchev–Trinajstić information content (AvgIpc) is 3.58. The number of aromatic nitrogens is 3. The van der Waals surface area contributed by atoms with Gasteiger partial charge in [-0.25, -0.2) is 9.48 Å². The number of para-hydroxylation sites is 1. The molecule has 6 rings (SSSR count). The van der Waals surface area contributed by atoms with E-state index in [-0.39, 0.29) is 12.1 Å². The van der Waals surface area contributed by atoms with Crippen molar-refractivity contribution in [2.45, 2.75) is 45.8 Å². The maximum Gasteiger partial charge on any atom is 0.318 e. The lowest BCUT2D eigenvalue weighted by atomic mass is 9.99. The van der Waals surface area contributed by atoms with Crippen molar-refractivity contribution >= 4 is 6.03 Å². The van der Waals surface area contributed by atoms with E-state index in [0.717, 1.165) is 52.4 Å². The highest BCUT2D eigenvalue weighted by Gasteiger charge is 2.36. The number of amides is 2. The molecule has 1 aliphatic rings. The van der Waals surface area contributed by atoms with Gasteiger partial charge in [0.25, 0.3) is 0 Å². The van der Waals surface area contributed by atoms with Gasteiger partial charge in [0.15, 0.2) is 0 Å². The Balaban J connectivity index is 1.50. The number of fused-ring (bicyclic) bond motifs is 3. The second-order valence-corrected chi connectivity index (χ2v) is 9.92. The first kappa shape index (κ1) is 24.7. The summed E-state index contributed by atoms with van der Waals surface area (Å²) in [6.45, 7) is 5.21. The van der Waals surface area contributed by atoms with Gasteiger partial charge in [-0.3, -0.25) is 0 Å². The van der Waals surface area contributed by atoms with Crippen molar-refractivity contribution < 1.29 is 4.79 Å². The third kappa shape index (κ3) is 4.63. The zero-order valence-corrected chi connectivity index (χ0v) is 22.4. The molecule has 3 heterocycles. The normalized spacial score (nSPS) is 14.4. The molecule has 0 saturated carbocycles. The minimum Gasteiger partial charge on any atom is -0.334 e. The molecule has 0 fully saturated rings. The Hall–Kier alpha value is -4.58. The summed E-state index contributed by atoms with van der Waals surface area (Å²) >= 11 is 0. The molecule has 39 heavy (non-hydrogen) atoms. The monoisotopic (exact) mass is 515 g/mol. The molecule has 0 aliphatic carbocycles. The van der Waals surface area contributed by atoms with E-state index >= 15 is 0 Å². The number of carbonyl (C=O) groups excluding carboxylic acids is 1. The third-order valence-corrected chi connectivity index (χ3v) is 7.56. The van der Waals surface area contributed by atoms with Crippen LogP contribution in [0.15, 0.2) is 103 Å². The second-order valence-electron chi connectivity index (χ2n) is 9.92. The number of rotatable bonds is 6. The van der Waals surface area contributed by atoms with Gasteiger partial charge in [-0.1, -0.05) is 86.6 Å². The summed E-state index contributed by atoms with van der Waals surface area (Å²) in [5.41, 5.74) is 7.53. The van der Waals surface area contributed by atoms with Crippen LogP contribution in [-0.2, 0) is 25.9 Å². The molecule has 1 N–H and O–H groups in total. The van der Waals surface area contributed by atoms with E-state index in [4.69, 9.17) is 5.10 Å². The molecule has 0 bridgehead atoms. The highest BCUT2D eigenvalue weighted by atomic mass is 16.2. The van der Waals surface area contributed by atoms with E-state index in [1.165, 1.54) is 5.56 Å². The summed E-state index contributed by atoms with van der Waals surface area (Å²) in [4.78, 5) is 16.0. The Kier molecular flexibility index (Phi) is 6.76. The van der Waals surface area contributed by atoms with Gasteiger partial charge in [0.1, 0.15) is 5.82 Å². The molecular formula is C33H33N5O. The summed E-state index contributed by atoms with van der Waals surface area (Å²) in [5.74, 6) is 0.992. The van der Waals surface area contributed by atoms with Crippen LogP contribution in [0.5, 0.6) is 0 Å². The molecule has 2 aromatic heterocycles. The fourth-order valence-corrected chi connectivity index (χ4v) is 5.51. The minimum absolute atomic E-state index is 0.0986. The van der Waals surface area contributed by atoms with Gasteiger partial charge < -0.3 is 14.8 Å². The molecule has 1 aliphatic heterocycles. The molecular weight excluding hydrogens is 482 g/mol. The molecule has 3 aromatic carbocycles. The maximum atomic E-state index is 14.0. The molecule has 1 atom stereocenters. The third-order valence-electron chi connectivity index (χ3n) is 7.56. The van der Waals surface area contributed by atoms with Gasteiger partial charge >= 0.3 is 6.03 Å². The quantitative estimate of drug-likeness (QED) is 0.277. The molecule has 0 saturated heterocycles. The lowest BCUT2D eigenvalue weighted by Crippen LogP contribution is -2.41. The Morgan fingerprint density at radius 2 is 1.56 bits per heavy atom. The first-order valence-corrected chi connectivity index (χ1v) is 13.7. The van der Waals surface area contributed by atoms with Crippen LogP contribution in [0.4, 0.5) is 4.79 Å². The van der Waals surface area contributed by atoms with E-state index in [1.54, 1.807) is 0 Å². The van der Waals surface area contributed by atoms with Crippen molar-refractivity contribution in [1.82, 2.24) is 24.6 Å². The summed E-state index contributed by atoms with van der Waals surface area (Å²) in [5, 5.41) is 8.25. The molecule has 2 amide bonds. The zero-order valence-electron chi connectivity index (χ0n) is 22.4. The predicted molar refractivity (Wildman–Crippen MR) is 154 cm³/mol. The largest absolute Gasteiger partial charge is 0.334 e. The van der Waals surface area contributed by atoms with Crippen molar-refractivity contribution in [2.24, 2.45) is 0 Å². The van der Waals surface area contributed by atoms with Crippen LogP contribution in [0.25, 0.3) is 11.5 Å². The molecule has 0 spiro atoms. The Morgan fingerprint density at radius 3 is 2.26 bits per heavy atom. The number of hydrogen-bond acceptors (Lipinski definition) is 2. The van der Waals surface area contributed by atoms with E-state index in [9.17, 15) is 4.79 Å².